The molecular weight excluding hydrogens is 452 g/mol. The van der Waals surface area contributed by atoms with Crippen molar-refractivity contribution in [2.75, 3.05) is 17.3 Å². The smallest absolute Gasteiger partial charge is 0.337 e. The van der Waals surface area contributed by atoms with Gasteiger partial charge in [0.15, 0.2) is 5.78 Å². The molecule has 6 nitrogen and oxygen atoms in total. The van der Waals surface area contributed by atoms with E-state index in [0.717, 1.165) is 28.2 Å². The van der Waals surface area contributed by atoms with Crippen LogP contribution in [-0.4, -0.2) is 24.8 Å². The van der Waals surface area contributed by atoms with Crippen LogP contribution in [0, 0.1) is 0 Å². The molecule has 3 aromatic carbocycles. The molecule has 3 aromatic rings. The summed E-state index contributed by atoms with van der Waals surface area (Å²) in [6, 6.07) is 24.1. The summed E-state index contributed by atoms with van der Waals surface area (Å²) in [5.41, 5.74) is 5.26. The lowest BCUT2D eigenvalue weighted by Crippen LogP contribution is -2.38. The minimum Gasteiger partial charge on any atom is -0.465 e. The molecule has 36 heavy (non-hydrogen) atoms. The predicted molar refractivity (Wildman–Crippen MR) is 139 cm³/mol. The van der Waals surface area contributed by atoms with Crippen molar-refractivity contribution in [2.45, 2.75) is 38.1 Å². The Balaban J connectivity index is 1.69. The van der Waals surface area contributed by atoms with Crippen molar-refractivity contribution in [1.29, 1.82) is 0 Å². The molecule has 0 radical (unpaired) electrons. The largest absolute Gasteiger partial charge is 0.465 e. The lowest BCUT2D eigenvalue weighted by molar-refractivity contribution is -0.119. The number of Topliss-reactive ketones (excluding diaryl/α,β-unsaturated/α-hetero) is 1. The molecule has 1 N–H and O–H groups in total. The molecule has 1 aliphatic heterocycles. The van der Waals surface area contributed by atoms with Crippen molar-refractivity contribution < 1.29 is 19.1 Å². The fourth-order valence-corrected chi connectivity index (χ4v) is 5.23. The summed E-state index contributed by atoms with van der Waals surface area (Å²) >= 11 is 0. The standard InChI is InChI=1S/C30H28N2O4/c1-3-27(34)32-25-12-8-7-11-23(25)31-24-17-22(19-9-5-4-6-10-19)18-26(33)28(24)29(32)20-13-15-21(16-14-20)30(35)36-2/h4-16,22,29,31H,3,17-18H2,1-2H3/t22-,29-/m1/s1. The number of benzene rings is 3. The maximum atomic E-state index is 13.9. The first-order chi connectivity index (χ1) is 17.5. The number of methoxy groups -OCH3 is 1. The van der Waals surface area contributed by atoms with E-state index in [1.165, 1.54) is 7.11 Å². The molecular formula is C30H28N2O4. The Labute approximate surface area is 210 Å². The van der Waals surface area contributed by atoms with Gasteiger partial charge in [0.1, 0.15) is 0 Å². The second kappa shape index (κ2) is 9.82. The van der Waals surface area contributed by atoms with Gasteiger partial charge in [0.25, 0.3) is 0 Å². The van der Waals surface area contributed by atoms with Crippen LogP contribution in [0.2, 0.25) is 0 Å². The highest BCUT2D eigenvalue weighted by Gasteiger charge is 2.41. The lowest BCUT2D eigenvalue weighted by atomic mass is 9.78. The Morgan fingerprint density at radius 1 is 0.917 bits per heavy atom. The Morgan fingerprint density at radius 3 is 2.31 bits per heavy atom. The molecule has 2 aliphatic rings. The topological polar surface area (TPSA) is 75.7 Å². The summed E-state index contributed by atoms with van der Waals surface area (Å²) < 4.78 is 4.84. The number of fused-ring (bicyclic) bond motifs is 1. The van der Waals surface area contributed by atoms with Crippen LogP contribution in [0.4, 0.5) is 11.4 Å². The van der Waals surface area contributed by atoms with Crippen LogP contribution in [0.3, 0.4) is 0 Å². The average molecular weight is 481 g/mol. The predicted octanol–water partition coefficient (Wildman–Crippen LogP) is 5.78. The third-order valence-corrected chi connectivity index (χ3v) is 6.98. The van der Waals surface area contributed by atoms with E-state index >= 15 is 0 Å². The van der Waals surface area contributed by atoms with Gasteiger partial charge in [-0.25, -0.2) is 4.79 Å². The number of ether oxygens (including phenoxy) is 1. The Morgan fingerprint density at radius 2 is 1.61 bits per heavy atom. The monoisotopic (exact) mass is 480 g/mol. The summed E-state index contributed by atoms with van der Waals surface area (Å²) in [4.78, 5) is 41.1. The number of ketones is 1. The SMILES string of the molecule is CCC(=O)N1c2ccccc2NC2=C(C(=O)C[C@H](c3ccccc3)C2)[C@H]1c1ccc(C(=O)OC)cc1. The minimum absolute atomic E-state index is 0.0151. The molecule has 0 unspecified atom stereocenters. The summed E-state index contributed by atoms with van der Waals surface area (Å²) in [7, 11) is 1.34. The maximum Gasteiger partial charge on any atom is 0.337 e. The highest BCUT2D eigenvalue weighted by molar-refractivity contribution is 6.06. The van der Waals surface area contributed by atoms with Gasteiger partial charge < -0.3 is 10.1 Å². The van der Waals surface area contributed by atoms with Crippen LogP contribution in [-0.2, 0) is 14.3 Å². The Hall–Kier alpha value is -4.19. The number of hydrogen-bond donors (Lipinski definition) is 1. The van der Waals surface area contributed by atoms with E-state index in [1.54, 1.807) is 17.0 Å². The van der Waals surface area contributed by atoms with E-state index in [-0.39, 0.29) is 24.0 Å². The molecule has 1 amide bonds. The number of carbonyl (C=O) groups excluding carboxylic acids is 3. The van der Waals surface area contributed by atoms with E-state index in [1.807, 2.05) is 61.5 Å². The van der Waals surface area contributed by atoms with Crippen molar-refractivity contribution in [2.24, 2.45) is 0 Å². The molecule has 0 saturated carbocycles. The number of amides is 1. The normalized spacial score (nSPS) is 19.1. The second-order valence-corrected chi connectivity index (χ2v) is 9.11. The van der Waals surface area contributed by atoms with Gasteiger partial charge >= 0.3 is 5.97 Å². The maximum absolute atomic E-state index is 13.9. The number of carbonyl (C=O) groups is 3. The highest BCUT2D eigenvalue weighted by Crippen LogP contribution is 2.47. The van der Waals surface area contributed by atoms with Crippen LogP contribution in [0.1, 0.15) is 59.6 Å². The molecule has 182 valence electrons. The molecule has 0 fully saturated rings. The zero-order chi connectivity index (χ0) is 25.2. The third-order valence-electron chi connectivity index (χ3n) is 6.98. The van der Waals surface area contributed by atoms with Gasteiger partial charge in [0, 0.05) is 24.1 Å². The van der Waals surface area contributed by atoms with Crippen LogP contribution in [0.15, 0.2) is 90.1 Å². The van der Waals surface area contributed by atoms with E-state index in [4.69, 9.17) is 4.74 Å². The first-order valence-electron chi connectivity index (χ1n) is 12.2. The van der Waals surface area contributed by atoms with Crippen LogP contribution in [0.5, 0.6) is 0 Å². The van der Waals surface area contributed by atoms with Gasteiger partial charge in [-0.3, -0.25) is 14.5 Å². The number of nitrogens with one attached hydrogen (secondary N) is 1. The van der Waals surface area contributed by atoms with Gasteiger partial charge in [0.05, 0.1) is 30.1 Å². The van der Waals surface area contributed by atoms with Gasteiger partial charge in [-0.15, -0.1) is 0 Å². The van der Waals surface area contributed by atoms with Crippen LogP contribution < -0.4 is 10.2 Å². The van der Waals surface area contributed by atoms with Crippen molar-refractivity contribution in [3.63, 3.8) is 0 Å². The fourth-order valence-electron chi connectivity index (χ4n) is 5.23. The summed E-state index contributed by atoms with van der Waals surface area (Å²) in [5.74, 6) is -0.456. The molecule has 1 heterocycles. The quantitative estimate of drug-likeness (QED) is 0.479. The first kappa shape index (κ1) is 23.5. The lowest BCUT2D eigenvalue weighted by Gasteiger charge is -2.35. The van der Waals surface area contributed by atoms with Crippen molar-refractivity contribution in [1.82, 2.24) is 0 Å². The molecule has 6 heteroatoms. The van der Waals surface area contributed by atoms with Crippen molar-refractivity contribution in [3.05, 3.63) is 107 Å². The van der Waals surface area contributed by atoms with Crippen LogP contribution in [0.25, 0.3) is 0 Å². The fraction of sp³-hybridized carbons (Fsp3) is 0.233. The molecule has 0 saturated heterocycles. The number of para-hydroxylation sites is 2. The molecule has 0 bridgehead atoms. The van der Waals surface area contributed by atoms with Gasteiger partial charge in [0.2, 0.25) is 5.91 Å². The number of allylic oxidation sites excluding steroid dienone is 1. The number of hydrogen-bond acceptors (Lipinski definition) is 5. The number of rotatable bonds is 4. The van der Waals surface area contributed by atoms with Gasteiger partial charge in [-0.2, -0.15) is 0 Å². The summed E-state index contributed by atoms with van der Waals surface area (Å²) in [5, 5.41) is 3.53. The van der Waals surface area contributed by atoms with Crippen LogP contribution >= 0.6 is 0 Å². The molecule has 1 aliphatic carbocycles. The Bertz CT molecular complexity index is 1340. The molecule has 0 aromatic heterocycles. The van der Waals surface area contributed by atoms with E-state index in [9.17, 15) is 14.4 Å². The summed E-state index contributed by atoms with van der Waals surface area (Å²) in [6.45, 7) is 1.82. The molecule has 2 atom stereocenters. The third kappa shape index (κ3) is 4.19. The van der Waals surface area contributed by atoms with Crippen molar-refractivity contribution in [3.8, 4) is 0 Å². The zero-order valence-corrected chi connectivity index (χ0v) is 20.4. The zero-order valence-electron chi connectivity index (χ0n) is 20.4. The van der Waals surface area contributed by atoms with E-state index in [0.29, 0.717) is 24.0 Å². The number of nitrogens with zero attached hydrogens (tertiary/aromatic N) is 1. The van der Waals surface area contributed by atoms with Crippen molar-refractivity contribution >= 4 is 29.0 Å². The molecule has 5 rings (SSSR count). The highest BCUT2D eigenvalue weighted by atomic mass is 16.5. The van der Waals surface area contributed by atoms with Gasteiger partial charge in [-0.05, 0) is 47.7 Å². The number of anilines is 2. The number of esters is 1. The van der Waals surface area contributed by atoms with E-state index in [2.05, 4.69) is 17.4 Å². The molecule has 0 spiro atoms. The second-order valence-electron chi connectivity index (χ2n) is 9.11. The average Bonchev–Trinajstić information content (AvgIpc) is 3.07. The first-order valence-corrected chi connectivity index (χ1v) is 12.2. The van der Waals surface area contributed by atoms with Gasteiger partial charge in [-0.1, -0.05) is 61.5 Å². The minimum atomic E-state index is -0.612. The summed E-state index contributed by atoms with van der Waals surface area (Å²) in [6.07, 6.45) is 1.31. The Kier molecular flexibility index (Phi) is 6.42. The van der Waals surface area contributed by atoms with E-state index < -0.39 is 12.0 Å².